The molecular weight excluding hydrogens is 408 g/mol. The van der Waals surface area contributed by atoms with E-state index in [0.717, 1.165) is 12.8 Å². The molecule has 0 bridgehead atoms. The van der Waals surface area contributed by atoms with Gasteiger partial charge in [0.2, 0.25) is 28.9 Å². The Bertz CT molecular complexity index is 1610. The minimum Gasteiger partial charge on any atom is -0.504 e. The van der Waals surface area contributed by atoms with E-state index in [1.807, 2.05) is 4.57 Å². The van der Waals surface area contributed by atoms with Crippen molar-refractivity contribution in [1.29, 1.82) is 0 Å². The number of hydrogen-bond donors (Lipinski definition) is 4. The molecule has 0 aromatic carbocycles. The van der Waals surface area contributed by atoms with Gasteiger partial charge < -0.3 is 42.7 Å². The van der Waals surface area contributed by atoms with E-state index in [1.165, 1.54) is 6.39 Å². The van der Waals surface area contributed by atoms with Gasteiger partial charge in [-0.1, -0.05) is 0 Å². The number of H-pyrrole nitrogens is 1. The van der Waals surface area contributed by atoms with Gasteiger partial charge in [0.25, 0.3) is 0 Å². The Hall–Kier alpha value is -4.35. The molecule has 0 unspecified atom stereocenters. The van der Waals surface area contributed by atoms with Crippen LogP contribution in [0.15, 0.2) is 25.8 Å². The minimum absolute atomic E-state index is 0.0230. The topological polar surface area (TPSA) is 164 Å². The van der Waals surface area contributed by atoms with Crippen molar-refractivity contribution in [2.75, 3.05) is 0 Å². The van der Waals surface area contributed by atoms with Gasteiger partial charge in [-0.2, -0.15) is 0 Å². The Morgan fingerprint density at radius 2 is 1.77 bits per heavy atom. The zero-order valence-corrected chi connectivity index (χ0v) is 15.9. The summed E-state index contributed by atoms with van der Waals surface area (Å²) in [6, 6.07) is 0.287. The van der Waals surface area contributed by atoms with Crippen LogP contribution >= 0.6 is 0 Å². The molecule has 6 aromatic rings. The molecule has 0 aliphatic heterocycles. The molecule has 0 radical (unpaired) electrons. The van der Waals surface area contributed by atoms with Crippen molar-refractivity contribution < 1.29 is 28.6 Å². The van der Waals surface area contributed by atoms with Gasteiger partial charge >= 0.3 is 0 Å². The molecule has 12 nitrogen and oxygen atoms in total. The average molecular weight is 422 g/mol. The second-order valence-electron chi connectivity index (χ2n) is 7.63. The lowest BCUT2D eigenvalue weighted by Gasteiger charge is -2.01. The van der Waals surface area contributed by atoms with Crippen LogP contribution in [0, 0.1) is 0 Å². The van der Waals surface area contributed by atoms with Crippen molar-refractivity contribution in [2.45, 2.75) is 18.9 Å². The summed E-state index contributed by atoms with van der Waals surface area (Å²) >= 11 is 0. The molecule has 0 saturated heterocycles. The van der Waals surface area contributed by atoms with Crippen LogP contribution in [0.2, 0.25) is 0 Å². The van der Waals surface area contributed by atoms with Crippen LogP contribution in [0.25, 0.3) is 56.9 Å². The fourth-order valence-corrected chi connectivity index (χ4v) is 4.00. The first-order valence-electron chi connectivity index (χ1n) is 9.54. The molecule has 0 spiro atoms. The molecule has 1 aliphatic carbocycles. The van der Waals surface area contributed by atoms with Crippen LogP contribution in [-0.2, 0) is 7.05 Å². The zero-order chi connectivity index (χ0) is 21.0. The summed E-state index contributed by atoms with van der Waals surface area (Å²) in [5.41, 5.74) is 2.18. The average Bonchev–Trinajstić information content (AvgIpc) is 3.17. The van der Waals surface area contributed by atoms with Crippen molar-refractivity contribution in [3.8, 4) is 40.4 Å². The van der Waals surface area contributed by atoms with Gasteiger partial charge in [0, 0.05) is 13.1 Å². The van der Waals surface area contributed by atoms with E-state index in [0.29, 0.717) is 11.2 Å². The third kappa shape index (κ3) is 2.00. The summed E-state index contributed by atoms with van der Waals surface area (Å²) < 4.78 is 20.3. The second-order valence-corrected chi connectivity index (χ2v) is 7.63. The lowest BCUT2D eigenvalue weighted by atomic mass is 10.3. The predicted octanol–water partition coefficient (Wildman–Crippen LogP) is 3.36. The van der Waals surface area contributed by atoms with Crippen molar-refractivity contribution in [3.05, 3.63) is 12.6 Å². The van der Waals surface area contributed by atoms with E-state index < -0.39 is 0 Å². The first-order valence-corrected chi connectivity index (χ1v) is 9.54. The van der Waals surface area contributed by atoms with Crippen LogP contribution in [0.4, 0.5) is 0 Å². The highest BCUT2D eigenvalue weighted by Crippen LogP contribution is 2.45. The summed E-state index contributed by atoms with van der Waals surface area (Å²) in [7, 11) is 1.66. The molecule has 1 fully saturated rings. The summed E-state index contributed by atoms with van der Waals surface area (Å²) in [5, 5.41) is 31.4. The SMILES string of the molecule is Cn1c(-c2nc3c(O)cn(C4CC4)c3o2)c(O)c2nc(-c3[nH]c4ocnc4c3O)oc21. The smallest absolute Gasteiger partial charge is 0.250 e. The third-order valence-electron chi connectivity index (χ3n) is 5.67. The zero-order valence-electron chi connectivity index (χ0n) is 15.9. The van der Waals surface area contributed by atoms with Crippen LogP contribution in [-0.4, -0.2) is 44.4 Å². The molecule has 4 N–H and O–H groups in total. The van der Waals surface area contributed by atoms with E-state index in [-0.39, 0.29) is 68.9 Å². The van der Waals surface area contributed by atoms with Crippen molar-refractivity contribution in [3.63, 3.8) is 0 Å². The first-order chi connectivity index (χ1) is 15.0. The Balaban J connectivity index is 1.39. The van der Waals surface area contributed by atoms with Gasteiger partial charge in [0.05, 0.1) is 6.20 Å². The predicted molar refractivity (Wildman–Crippen MR) is 105 cm³/mol. The lowest BCUT2D eigenvalue weighted by molar-refractivity contribution is 0.471. The number of aromatic nitrogens is 6. The van der Waals surface area contributed by atoms with Crippen LogP contribution in [0.3, 0.4) is 0 Å². The molecule has 31 heavy (non-hydrogen) atoms. The number of nitrogens with zero attached hydrogens (tertiary/aromatic N) is 5. The second kappa shape index (κ2) is 5.22. The number of aromatic hydroxyl groups is 3. The maximum atomic E-state index is 10.9. The summed E-state index contributed by atoms with van der Waals surface area (Å²) in [4.78, 5) is 15.5. The fraction of sp³-hybridized carbons (Fsp3) is 0.211. The molecular formula is C19H14N6O6. The maximum Gasteiger partial charge on any atom is 0.250 e. The summed E-state index contributed by atoms with van der Waals surface area (Å²) in [6.07, 6.45) is 4.85. The molecule has 7 rings (SSSR count). The van der Waals surface area contributed by atoms with Gasteiger partial charge in [0.15, 0.2) is 45.9 Å². The van der Waals surface area contributed by atoms with Crippen LogP contribution in [0.5, 0.6) is 17.2 Å². The minimum atomic E-state index is -0.193. The Kier molecular flexibility index (Phi) is 2.77. The lowest BCUT2D eigenvalue weighted by Crippen LogP contribution is -1.92. The normalized spacial score (nSPS) is 14.6. The first kappa shape index (κ1) is 16.4. The standard InChI is InChI=1S/C19H14N6O6/c1-24-12(17-21-8-7(26)4-25(6-2-3-6)19(8)31-17)14(28)11-18(24)30-16(23-11)10-13(27)9-15(22-10)29-5-20-9/h4-6,22,26-28H,2-3H2,1H3. The molecule has 12 heteroatoms. The van der Waals surface area contributed by atoms with Gasteiger partial charge in [-0.25, -0.2) is 15.0 Å². The fourth-order valence-electron chi connectivity index (χ4n) is 4.00. The number of aryl methyl sites for hydroxylation is 1. The highest BCUT2D eigenvalue weighted by atomic mass is 16.4. The molecule has 156 valence electrons. The van der Waals surface area contributed by atoms with E-state index >= 15 is 0 Å². The van der Waals surface area contributed by atoms with Crippen molar-refractivity contribution in [2.24, 2.45) is 7.05 Å². The number of hydrogen-bond acceptors (Lipinski definition) is 9. The number of rotatable bonds is 3. The van der Waals surface area contributed by atoms with Crippen molar-refractivity contribution in [1.82, 2.24) is 29.1 Å². The third-order valence-corrected chi connectivity index (χ3v) is 5.67. The largest absolute Gasteiger partial charge is 0.504 e. The summed E-state index contributed by atoms with van der Waals surface area (Å²) in [6.45, 7) is 0. The quantitative estimate of drug-likeness (QED) is 0.334. The van der Waals surface area contributed by atoms with E-state index in [1.54, 1.807) is 17.8 Å². The van der Waals surface area contributed by atoms with E-state index in [2.05, 4.69) is 19.9 Å². The number of oxazole rings is 3. The molecule has 6 heterocycles. The van der Waals surface area contributed by atoms with E-state index in [4.69, 9.17) is 13.3 Å². The van der Waals surface area contributed by atoms with Gasteiger partial charge in [-0.3, -0.25) is 0 Å². The molecule has 0 amide bonds. The summed E-state index contributed by atoms with van der Waals surface area (Å²) in [5.74, 6) is -0.142. The Morgan fingerprint density at radius 3 is 2.52 bits per heavy atom. The monoisotopic (exact) mass is 422 g/mol. The van der Waals surface area contributed by atoms with Crippen molar-refractivity contribution >= 4 is 33.7 Å². The highest BCUT2D eigenvalue weighted by molar-refractivity contribution is 5.92. The highest BCUT2D eigenvalue weighted by Gasteiger charge is 2.32. The van der Waals surface area contributed by atoms with Gasteiger partial charge in [-0.15, -0.1) is 0 Å². The number of fused-ring (bicyclic) bond motifs is 3. The number of nitrogens with one attached hydrogen (secondary N) is 1. The van der Waals surface area contributed by atoms with Gasteiger partial charge in [-0.05, 0) is 12.8 Å². The maximum absolute atomic E-state index is 10.9. The Morgan fingerprint density at radius 1 is 1.00 bits per heavy atom. The van der Waals surface area contributed by atoms with Gasteiger partial charge in [0.1, 0.15) is 5.69 Å². The Labute approximate surface area is 171 Å². The van der Waals surface area contributed by atoms with E-state index in [9.17, 15) is 15.3 Å². The molecule has 1 saturated carbocycles. The molecule has 1 aliphatic rings. The van der Waals surface area contributed by atoms with Crippen LogP contribution in [0.1, 0.15) is 18.9 Å². The molecule has 0 atom stereocenters. The molecule has 6 aromatic heterocycles. The number of aromatic amines is 1. The van der Waals surface area contributed by atoms with Crippen LogP contribution < -0.4 is 0 Å².